The van der Waals surface area contributed by atoms with Crippen molar-refractivity contribution < 1.29 is 4.74 Å². The predicted octanol–water partition coefficient (Wildman–Crippen LogP) is 3.56. The topological polar surface area (TPSA) is 87.7 Å². The van der Waals surface area contributed by atoms with Crippen molar-refractivity contribution in [2.75, 3.05) is 6.54 Å². The van der Waals surface area contributed by atoms with Crippen molar-refractivity contribution in [3.8, 4) is 11.8 Å². The second kappa shape index (κ2) is 6.69. The van der Waals surface area contributed by atoms with E-state index in [1.54, 1.807) is 24.4 Å². The minimum Gasteiger partial charge on any atom is -0.484 e. The van der Waals surface area contributed by atoms with Gasteiger partial charge in [-0.05, 0) is 30.3 Å². The third kappa shape index (κ3) is 3.29. The molecule has 0 saturated carbocycles. The van der Waals surface area contributed by atoms with Crippen molar-refractivity contribution in [1.82, 2.24) is 10.2 Å². The molecule has 116 valence electrons. The molecule has 6 heteroatoms. The fraction of sp³-hybridized carbons (Fsp3) is 0.176. The van der Waals surface area contributed by atoms with Crippen LogP contribution in [0, 0.1) is 11.3 Å². The Kier molecular flexibility index (Phi) is 4.47. The van der Waals surface area contributed by atoms with Gasteiger partial charge in [0.05, 0.1) is 17.3 Å². The molecule has 0 fully saturated rings. The molecule has 0 radical (unpaired) electrons. The van der Waals surface area contributed by atoms with Gasteiger partial charge in [0.1, 0.15) is 17.9 Å². The SMILES string of the molecule is N#Cc1ccc(Cl)cc1OC(CCN)c1ccc2cn[nH]c2c1. The maximum atomic E-state index is 9.23. The van der Waals surface area contributed by atoms with Crippen LogP contribution in [0.25, 0.3) is 10.9 Å². The Labute approximate surface area is 138 Å². The highest BCUT2D eigenvalue weighted by Crippen LogP contribution is 2.30. The lowest BCUT2D eigenvalue weighted by atomic mass is 10.0. The number of rotatable bonds is 5. The van der Waals surface area contributed by atoms with E-state index in [9.17, 15) is 5.26 Å². The van der Waals surface area contributed by atoms with Gasteiger partial charge in [-0.25, -0.2) is 0 Å². The Morgan fingerprint density at radius 2 is 2.17 bits per heavy atom. The van der Waals surface area contributed by atoms with E-state index in [0.717, 1.165) is 16.5 Å². The number of nitriles is 1. The van der Waals surface area contributed by atoms with Gasteiger partial charge in [-0.1, -0.05) is 23.7 Å². The number of benzene rings is 2. The highest BCUT2D eigenvalue weighted by Gasteiger charge is 2.16. The Morgan fingerprint density at radius 1 is 1.30 bits per heavy atom. The third-order valence-electron chi connectivity index (χ3n) is 3.60. The molecule has 0 amide bonds. The maximum absolute atomic E-state index is 9.23. The largest absolute Gasteiger partial charge is 0.484 e. The summed E-state index contributed by atoms with van der Waals surface area (Å²) in [6.45, 7) is 0.466. The Bertz CT molecular complexity index is 868. The molecule has 0 saturated heterocycles. The maximum Gasteiger partial charge on any atom is 0.139 e. The average molecular weight is 327 g/mol. The van der Waals surface area contributed by atoms with Crippen LogP contribution in [0.3, 0.4) is 0 Å². The summed E-state index contributed by atoms with van der Waals surface area (Å²) in [4.78, 5) is 0. The summed E-state index contributed by atoms with van der Waals surface area (Å²) in [6, 6.07) is 13.0. The predicted molar refractivity (Wildman–Crippen MR) is 89.3 cm³/mol. The number of nitrogens with one attached hydrogen (secondary N) is 1. The number of aromatic nitrogens is 2. The molecule has 3 aromatic rings. The number of nitrogens with zero attached hydrogens (tertiary/aromatic N) is 2. The summed E-state index contributed by atoms with van der Waals surface area (Å²) >= 11 is 6.02. The first kappa shape index (κ1) is 15.3. The van der Waals surface area contributed by atoms with Gasteiger partial charge in [-0.15, -0.1) is 0 Å². The molecule has 1 heterocycles. The second-order valence-electron chi connectivity index (χ2n) is 5.15. The van der Waals surface area contributed by atoms with E-state index < -0.39 is 0 Å². The minimum absolute atomic E-state index is 0.265. The summed E-state index contributed by atoms with van der Waals surface area (Å²) in [5.41, 5.74) is 8.06. The highest BCUT2D eigenvalue weighted by atomic mass is 35.5. The van der Waals surface area contributed by atoms with E-state index in [4.69, 9.17) is 22.1 Å². The molecule has 0 aliphatic carbocycles. The molecule has 0 aliphatic heterocycles. The van der Waals surface area contributed by atoms with Crippen molar-refractivity contribution >= 4 is 22.5 Å². The standard InChI is InChI=1S/C17H15ClN4O/c18-14-4-3-12(9-20)17(8-14)23-16(5-6-19)11-1-2-13-10-21-22-15(13)7-11/h1-4,7-8,10,16H,5-6,19H2,(H,21,22). The molecule has 3 N–H and O–H groups in total. The van der Waals surface area contributed by atoms with Crippen LogP contribution in [0.1, 0.15) is 23.7 Å². The molecule has 1 unspecified atom stereocenters. The average Bonchev–Trinajstić information content (AvgIpc) is 3.02. The van der Waals surface area contributed by atoms with E-state index in [1.807, 2.05) is 18.2 Å². The minimum atomic E-state index is -0.265. The van der Waals surface area contributed by atoms with Gasteiger partial charge >= 0.3 is 0 Å². The normalized spacial score (nSPS) is 12.0. The summed E-state index contributed by atoms with van der Waals surface area (Å²) in [7, 11) is 0. The van der Waals surface area contributed by atoms with Crippen molar-refractivity contribution in [2.45, 2.75) is 12.5 Å². The first-order chi connectivity index (χ1) is 11.2. The number of fused-ring (bicyclic) bond motifs is 1. The molecular weight excluding hydrogens is 312 g/mol. The lowest BCUT2D eigenvalue weighted by Gasteiger charge is -2.20. The number of aromatic amines is 1. The molecule has 0 aliphatic rings. The molecule has 23 heavy (non-hydrogen) atoms. The molecule has 0 spiro atoms. The third-order valence-corrected chi connectivity index (χ3v) is 3.84. The monoisotopic (exact) mass is 326 g/mol. The van der Waals surface area contributed by atoms with Crippen LogP contribution in [-0.2, 0) is 0 Å². The van der Waals surface area contributed by atoms with Crippen LogP contribution in [0.15, 0.2) is 42.6 Å². The number of nitrogens with two attached hydrogens (primary N) is 1. The van der Waals surface area contributed by atoms with Crippen LogP contribution < -0.4 is 10.5 Å². The number of ether oxygens (including phenoxy) is 1. The quantitative estimate of drug-likeness (QED) is 0.750. The van der Waals surface area contributed by atoms with Crippen molar-refractivity contribution in [3.05, 3.63) is 58.7 Å². The van der Waals surface area contributed by atoms with Crippen LogP contribution in [0.2, 0.25) is 5.02 Å². The van der Waals surface area contributed by atoms with Gasteiger partial charge < -0.3 is 10.5 Å². The summed E-state index contributed by atoms with van der Waals surface area (Å²) in [5.74, 6) is 0.461. The fourth-order valence-electron chi connectivity index (χ4n) is 2.44. The van der Waals surface area contributed by atoms with E-state index >= 15 is 0 Å². The summed E-state index contributed by atoms with van der Waals surface area (Å²) in [6.07, 6.45) is 2.12. The molecule has 5 nitrogen and oxygen atoms in total. The number of H-pyrrole nitrogens is 1. The summed E-state index contributed by atoms with van der Waals surface area (Å²) < 4.78 is 6.05. The van der Waals surface area contributed by atoms with Crippen molar-refractivity contribution in [1.29, 1.82) is 5.26 Å². The number of hydrogen-bond acceptors (Lipinski definition) is 4. The summed E-state index contributed by atoms with van der Waals surface area (Å²) in [5, 5.41) is 17.7. The smallest absolute Gasteiger partial charge is 0.139 e. The van der Waals surface area contributed by atoms with E-state index in [-0.39, 0.29) is 6.10 Å². The molecule has 0 bridgehead atoms. The zero-order chi connectivity index (χ0) is 16.2. The van der Waals surface area contributed by atoms with Crippen LogP contribution in [-0.4, -0.2) is 16.7 Å². The molecular formula is C17H15ClN4O. The van der Waals surface area contributed by atoms with Crippen LogP contribution >= 0.6 is 11.6 Å². The second-order valence-corrected chi connectivity index (χ2v) is 5.59. The van der Waals surface area contributed by atoms with Gasteiger partial charge in [0.15, 0.2) is 0 Å². The Hall–Kier alpha value is -2.55. The van der Waals surface area contributed by atoms with E-state index in [2.05, 4.69) is 16.3 Å². The van der Waals surface area contributed by atoms with Crippen LogP contribution in [0.5, 0.6) is 5.75 Å². The van der Waals surface area contributed by atoms with Crippen molar-refractivity contribution in [3.63, 3.8) is 0 Å². The first-order valence-electron chi connectivity index (χ1n) is 7.20. The molecule has 3 rings (SSSR count). The van der Waals surface area contributed by atoms with E-state index in [1.165, 1.54) is 0 Å². The zero-order valence-electron chi connectivity index (χ0n) is 12.3. The Balaban J connectivity index is 1.95. The highest BCUT2D eigenvalue weighted by molar-refractivity contribution is 6.30. The first-order valence-corrected chi connectivity index (χ1v) is 7.58. The number of hydrogen-bond donors (Lipinski definition) is 2. The van der Waals surface area contributed by atoms with Gasteiger partial charge in [-0.3, -0.25) is 5.10 Å². The van der Waals surface area contributed by atoms with Gasteiger partial charge in [0, 0.05) is 22.9 Å². The van der Waals surface area contributed by atoms with Crippen LogP contribution in [0.4, 0.5) is 0 Å². The zero-order valence-corrected chi connectivity index (χ0v) is 13.0. The molecule has 1 atom stereocenters. The molecule has 1 aromatic heterocycles. The van der Waals surface area contributed by atoms with Gasteiger partial charge in [0.2, 0.25) is 0 Å². The van der Waals surface area contributed by atoms with Crippen molar-refractivity contribution in [2.24, 2.45) is 5.73 Å². The van der Waals surface area contributed by atoms with Gasteiger partial charge in [0.25, 0.3) is 0 Å². The lowest BCUT2D eigenvalue weighted by molar-refractivity contribution is 0.197. The fourth-order valence-corrected chi connectivity index (χ4v) is 2.60. The molecule has 2 aromatic carbocycles. The lowest BCUT2D eigenvalue weighted by Crippen LogP contribution is -2.14. The Morgan fingerprint density at radius 3 is 2.96 bits per heavy atom. The number of halogens is 1. The van der Waals surface area contributed by atoms with Gasteiger partial charge in [-0.2, -0.15) is 10.4 Å². The van der Waals surface area contributed by atoms with E-state index in [0.29, 0.717) is 29.3 Å².